The van der Waals surface area contributed by atoms with E-state index in [-0.39, 0.29) is 12.2 Å². The summed E-state index contributed by atoms with van der Waals surface area (Å²) < 4.78 is 0. The first kappa shape index (κ1) is 70.7. The average Bonchev–Trinajstić information content (AvgIpc) is 3.34. The van der Waals surface area contributed by atoms with Gasteiger partial charge in [-0.1, -0.05) is 20.3 Å². The number of aliphatic carboxylic acids is 4. The highest BCUT2D eigenvalue weighted by atomic mass is 32.2. The fraction of sp³-hybridized carbons (Fsp3) is 0.659. The number of primary amides is 2. The normalized spacial score (nSPS) is 15.1. The van der Waals surface area contributed by atoms with E-state index in [0.29, 0.717) is 18.6 Å². The van der Waals surface area contributed by atoms with Crippen molar-refractivity contribution in [1.82, 2.24) is 47.9 Å². The Hall–Kier alpha value is -7.33. The van der Waals surface area contributed by atoms with Crippen LogP contribution in [0.25, 0.3) is 0 Å². The zero-order chi connectivity index (χ0) is 60.0. The van der Waals surface area contributed by atoms with Gasteiger partial charge in [0.05, 0.1) is 31.4 Å². The number of carboxylic acid groups (broad SMARTS) is 4. The lowest BCUT2D eigenvalue weighted by molar-refractivity contribution is -0.142. The molecule has 0 aromatic rings. The molecule has 0 unspecified atom stereocenters. The number of rotatable bonds is 40. The van der Waals surface area contributed by atoms with E-state index in [9.17, 15) is 92.3 Å². The predicted octanol–water partition coefficient (Wildman–Crippen LogP) is -6.72. The summed E-state index contributed by atoms with van der Waals surface area (Å²) in [4.78, 5) is 191. The molecule has 78 heavy (non-hydrogen) atoms. The van der Waals surface area contributed by atoms with Crippen LogP contribution in [0.2, 0.25) is 0 Å². The molecule has 0 aromatic heterocycles. The molecule has 0 saturated carbocycles. The van der Waals surface area contributed by atoms with Gasteiger partial charge in [0.25, 0.3) is 0 Å². The number of hydrogen-bond donors (Lipinski definition) is 17. The van der Waals surface area contributed by atoms with E-state index in [2.05, 4.69) is 26.6 Å². The van der Waals surface area contributed by atoms with E-state index in [1.54, 1.807) is 20.1 Å². The Balaban J connectivity index is 6.80. The Kier molecular flexibility index (Phi) is 33.2. The van der Waals surface area contributed by atoms with Crippen molar-refractivity contribution in [3.8, 4) is 0 Å². The van der Waals surface area contributed by atoms with Gasteiger partial charge in [-0.25, -0.2) is 0 Å². The maximum Gasteiger partial charge on any atom is 0.322 e. The molecule has 11 atom stereocenters. The molecule has 34 heteroatoms. The predicted molar refractivity (Wildman–Crippen MR) is 275 cm³/mol. The summed E-state index contributed by atoms with van der Waals surface area (Å²) in [7, 11) is 0. The molecule has 0 radical (unpaired) electrons. The maximum atomic E-state index is 13.8. The average molecular weight is 1150 g/mol. The molecule has 0 saturated heterocycles. The lowest BCUT2D eigenvalue weighted by Crippen LogP contribution is -2.62. The summed E-state index contributed by atoms with van der Waals surface area (Å²) >= 11 is 2.74. The smallest absolute Gasteiger partial charge is 0.322 e. The first-order valence-corrected chi connectivity index (χ1v) is 26.7. The Labute approximate surface area is 455 Å². The quantitative estimate of drug-likeness (QED) is 0.0271. The highest BCUT2D eigenvalue weighted by Crippen LogP contribution is 2.12. The lowest BCUT2D eigenvalue weighted by Gasteiger charge is -2.29. The zero-order valence-electron chi connectivity index (χ0n) is 43.5. The SMILES string of the molecule is CC[C@H](C)[C@H](NC(=O)[C@@H](N)CCSC)C(=O)N[C@@H](CCSC)C(=O)N[C@H](C(=O)N[C@@H](CC(=O)O)C(=O)N[C@@H](CCC(N)=O)C(=O)N[C@@H](CC(=O)O)C(=O)N[C@@H](CCC(N)=O)C(=O)N[C@@H](CC(=O)O)C(=O)NCC(=O)O)[C@@H](C)O. The number of carbonyl (C=O) groups is 15. The monoisotopic (exact) mass is 1150 g/mol. The molecule has 0 aliphatic heterocycles. The first-order valence-electron chi connectivity index (χ1n) is 23.9. The van der Waals surface area contributed by atoms with Gasteiger partial charge in [0.2, 0.25) is 65.0 Å². The Morgan fingerprint density at radius 3 is 1.15 bits per heavy atom. The molecule has 32 nitrogen and oxygen atoms in total. The third-order valence-electron chi connectivity index (χ3n) is 11.1. The van der Waals surface area contributed by atoms with E-state index in [0.717, 1.165) is 6.92 Å². The second-order valence-corrected chi connectivity index (χ2v) is 19.5. The molecule has 0 spiro atoms. The number of thioether (sulfide) groups is 2. The largest absolute Gasteiger partial charge is 0.481 e. The third kappa shape index (κ3) is 28.2. The van der Waals surface area contributed by atoms with Gasteiger partial charge in [-0.15, -0.1) is 0 Å². The van der Waals surface area contributed by atoms with Gasteiger partial charge in [-0.05, 0) is 62.5 Å². The number of hydrogen-bond acceptors (Lipinski definition) is 19. The lowest BCUT2D eigenvalue weighted by atomic mass is 9.97. The van der Waals surface area contributed by atoms with Crippen molar-refractivity contribution >= 4 is 112 Å². The molecule has 0 bridgehead atoms. The minimum Gasteiger partial charge on any atom is -0.481 e. The molecule has 440 valence electrons. The fourth-order valence-corrected chi connectivity index (χ4v) is 7.62. The van der Waals surface area contributed by atoms with Crippen LogP contribution in [0, 0.1) is 5.92 Å². The second kappa shape index (κ2) is 36.7. The highest BCUT2D eigenvalue weighted by molar-refractivity contribution is 7.98. The van der Waals surface area contributed by atoms with E-state index in [4.69, 9.17) is 22.3 Å². The van der Waals surface area contributed by atoms with Crippen molar-refractivity contribution in [3.63, 3.8) is 0 Å². The summed E-state index contributed by atoms with van der Waals surface area (Å²) in [5, 5.41) is 67.7. The fourth-order valence-electron chi connectivity index (χ4n) is 6.66. The zero-order valence-corrected chi connectivity index (χ0v) is 45.1. The van der Waals surface area contributed by atoms with Crippen molar-refractivity contribution < 1.29 is 97.5 Å². The third-order valence-corrected chi connectivity index (χ3v) is 12.4. The van der Waals surface area contributed by atoms with Gasteiger partial charge >= 0.3 is 23.9 Å². The molecular formula is C44H72N12O20S2. The van der Waals surface area contributed by atoms with Gasteiger partial charge in [-0.2, -0.15) is 23.5 Å². The molecule has 20 N–H and O–H groups in total. The van der Waals surface area contributed by atoms with Gasteiger partial charge in [0.15, 0.2) is 0 Å². The second-order valence-electron chi connectivity index (χ2n) is 17.6. The van der Waals surface area contributed by atoms with Crippen molar-refractivity contribution in [2.75, 3.05) is 30.6 Å². The Bertz CT molecular complexity index is 2170. The van der Waals surface area contributed by atoms with Crippen LogP contribution in [0.1, 0.15) is 85.0 Å². The Morgan fingerprint density at radius 1 is 0.436 bits per heavy atom. The number of nitrogens with two attached hydrogens (primary N) is 3. The number of carboxylic acids is 4. The van der Waals surface area contributed by atoms with E-state index in [1.165, 1.54) is 23.5 Å². The van der Waals surface area contributed by atoms with Gasteiger partial charge in [0, 0.05) is 12.8 Å². The van der Waals surface area contributed by atoms with Crippen LogP contribution in [0.15, 0.2) is 0 Å². The van der Waals surface area contributed by atoms with Crippen molar-refractivity contribution in [2.24, 2.45) is 23.1 Å². The number of nitrogens with one attached hydrogen (secondary N) is 9. The molecule has 11 amide bonds. The van der Waals surface area contributed by atoms with Crippen LogP contribution in [-0.2, 0) is 71.9 Å². The summed E-state index contributed by atoms with van der Waals surface area (Å²) in [5.74, 6) is -19.4. The first-order chi connectivity index (χ1) is 36.4. The molecule has 0 aliphatic carbocycles. The molecule has 0 fully saturated rings. The van der Waals surface area contributed by atoms with Gasteiger partial charge in [0.1, 0.15) is 54.9 Å². The minimum atomic E-state index is -2.21. The molecular weight excluding hydrogens is 1080 g/mol. The minimum absolute atomic E-state index is 0.0486. The van der Waals surface area contributed by atoms with E-state index >= 15 is 0 Å². The topological polar surface area (TPSA) is 544 Å². The van der Waals surface area contributed by atoms with Gasteiger partial charge < -0.3 is 90.6 Å². The van der Waals surface area contributed by atoms with E-state index in [1.807, 2.05) is 27.5 Å². The van der Waals surface area contributed by atoms with Crippen molar-refractivity contribution in [1.29, 1.82) is 0 Å². The standard InChI is InChI=1S/C44H72N12O20S2/c1-6-19(2)34(55-36(68)21(45)11-13-77-4)43(75)51-24(12-14-78-5)40(72)56-35(20(3)57)44(76)54-27(17-32(64)65)42(74)50-23(8-10-29(47)59)39(71)53-26(16-31(62)63)41(73)49-22(7-9-28(46)58)38(70)52-25(15-30(60)61)37(69)48-18-33(66)67/h19-27,34-35,57H,6-18,45H2,1-5H3,(H2,46,58)(H2,47,59)(H,48,69)(H,49,73)(H,50,74)(H,51,75)(H,52,70)(H,53,71)(H,54,76)(H,55,68)(H,56,72)(H,60,61)(H,62,63)(H,64,65)(H,66,67)/t19-,20+,21-,22-,23-,24-,25-,26-,27-,34-,35-/m0/s1. The summed E-state index contributed by atoms with van der Waals surface area (Å²) in [6.45, 7) is 3.47. The van der Waals surface area contributed by atoms with Crippen LogP contribution < -0.4 is 65.1 Å². The summed E-state index contributed by atoms with van der Waals surface area (Å²) in [5.41, 5.74) is 16.5. The number of carbonyl (C=O) groups excluding carboxylic acids is 11. The summed E-state index contributed by atoms with van der Waals surface area (Å²) in [6, 6.07) is -15.8. The van der Waals surface area contributed by atoms with Crippen LogP contribution in [0.5, 0.6) is 0 Å². The Morgan fingerprint density at radius 2 is 0.769 bits per heavy atom. The van der Waals surface area contributed by atoms with Crippen LogP contribution in [0.4, 0.5) is 0 Å². The highest BCUT2D eigenvalue weighted by Gasteiger charge is 2.38. The molecule has 0 rings (SSSR count). The van der Waals surface area contributed by atoms with E-state index < -0.39 is 207 Å². The van der Waals surface area contributed by atoms with Crippen LogP contribution in [0.3, 0.4) is 0 Å². The molecule has 0 aromatic carbocycles. The number of amides is 11. The van der Waals surface area contributed by atoms with Crippen LogP contribution >= 0.6 is 23.5 Å². The van der Waals surface area contributed by atoms with Crippen molar-refractivity contribution in [2.45, 2.75) is 145 Å². The summed E-state index contributed by atoms with van der Waals surface area (Å²) in [6.07, 6.45) is -4.06. The van der Waals surface area contributed by atoms with Gasteiger partial charge in [-0.3, -0.25) is 71.9 Å². The molecule has 0 heterocycles. The molecule has 0 aliphatic rings. The maximum absolute atomic E-state index is 13.8. The van der Waals surface area contributed by atoms with Crippen molar-refractivity contribution in [3.05, 3.63) is 0 Å². The number of aliphatic hydroxyl groups excluding tert-OH is 1. The van der Waals surface area contributed by atoms with Crippen LogP contribution in [-0.4, -0.2) is 205 Å². The number of aliphatic hydroxyl groups is 1.